The van der Waals surface area contributed by atoms with E-state index in [0.717, 1.165) is 37.7 Å². The van der Waals surface area contributed by atoms with Gasteiger partial charge >= 0.3 is 12.3 Å². The van der Waals surface area contributed by atoms with Crippen LogP contribution in [0.5, 0.6) is 0 Å². The quantitative estimate of drug-likeness (QED) is 0.406. The first-order valence-electron chi connectivity index (χ1n) is 13.7. The minimum absolute atomic E-state index is 0.0280. The largest absolute Gasteiger partial charge is 0.451 e. The van der Waals surface area contributed by atoms with E-state index < -0.39 is 18.0 Å². The summed E-state index contributed by atoms with van der Waals surface area (Å²) in [5, 5.41) is 8.93. The number of nitriles is 1. The maximum absolute atomic E-state index is 13.7. The molecular weight excluding hydrogens is 523 g/mol. The summed E-state index contributed by atoms with van der Waals surface area (Å²) in [5.74, 6) is -0.0218. The number of anilines is 2. The average molecular weight is 558 g/mol. The molecule has 1 aromatic carbocycles. The molecule has 11 heteroatoms. The molecule has 8 nitrogen and oxygen atoms in total. The minimum atomic E-state index is -4.66. The molecule has 0 bridgehead atoms. The average Bonchev–Trinajstić information content (AvgIpc) is 3.44. The fraction of sp³-hybridized carbons (Fsp3) is 0.552. The number of rotatable bonds is 9. The van der Waals surface area contributed by atoms with Gasteiger partial charge in [0.2, 0.25) is 5.82 Å². The molecule has 0 saturated carbocycles. The smallest absolute Gasteiger partial charge is 0.356 e. The molecule has 2 saturated heterocycles. The van der Waals surface area contributed by atoms with Crippen molar-refractivity contribution in [2.45, 2.75) is 76.9 Å². The number of halogens is 3. The summed E-state index contributed by atoms with van der Waals surface area (Å²) in [4.78, 5) is 40.8. The SMILES string of the molecule is CCCC1CCN(c2cc(N3CCC[C@H]3C(=O)CCCc3ccc(C#N)cc3)nc(C(F)(F)F)n2)CC1.O=C=O. The van der Waals surface area contributed by atoms with Crippen LogP contribution in [0.15, 0.2) is 30.3 Å². The zero-order valence-corrected chi connectivity index (χ0v) is 22.6. The molecule has 0 radical (unpaired) electrons. The third-order valence-electron chi connectivity index (χ3n) is 7.48. The van der Waals surface area contributed by atoms with Crippen molar-refractivity contribution >= 4 is 23.6 Å². The Morgan fingerprint density at radius 1 is 1.05 bits per heavy atom. The summed E-state index contributed by atoms with van der Waals surface area (Å²) in [5.41, 5.74) is 1.64. The van der Waals surface area contributed by atoms with Gasteiger partial charge in [0.05, 0.1) is 17.7 Å². The highest BCUT2D eigenvalue weighted by Gasteiger charge is 2.38. The van der Waals surface area contributed by atoms with Gasteiger partial charge in [-0.3, -0.25) is 4.79 Å². The van der Waals surface area contributed by atoms with Crippen molar-refractivity contribution in [1.82, 2.24) is 9.97 Å². The van der Waals surface area contributed by atoms with Gasteiger partial charge in [0, 0.05) is 32.1 Å². The predicted molar refractivity (Wildman–Crippen MR) is 141 cm³/mol. The van der Waals surface area contributed by atoms with Gasteiger partial charge in [0.15, 0.2) is 5.78 Å². The van der Waals surface area contributed by atoms with Crippen LogP contribution in [0.4, 0.5) is 24.8 Å². The molecule has 2 aliphatic heterocycles. The molecule has 214 valence electrons. The summed E-state index contributed by atoms with van der Waals surface area (Å²) in [6.45, 7) is 4.00. The summed E-state index contributed by atoms with van der Waals surface area (Å²) in [6, 6.07) is 10.5. The second kappa shape index (κ2) is 14.6. The summed E-state index contributed by atoms with van der Waals surface area (Å²) in [6.07, 6.45) is 2.75. The monoisotopic (exact) mass is 557 g/mol. The van der Waals surface area contributed by atoms with E-state index in [1.165, 1.54) is 0 Å². The Morgan fingerprint density at radius 3 is 2.30 bits per heavy atom. The lowest BCUT2D eigenvalue weighted by atomic mass is 9.92. The molecule has 0 unspecified atom stereocenters. The van der Waals surface area contributed by atoms with E-state index >= 15 is 0 Å². The zero-order valence-electron chi connectivity index (χ0n) is 22.6. The van der Waals surface area contributed by atoms with Gasteiger partial charge in [-0.05, 0) is 62.1 Å². The Bertz CT molecular complexity index is 1200. The van der Waals surface area contributed by atoms with Gasteiger partial charge in [-0.25, -0.2) is 9.97 Å². The normalized spacial score (nSPS) is 17.5. The summed E-state index contributed by atoms with van der Waals surface area (Å²) < 4.78 is 41.2. The molecule has 0 N–H and O–H groups in total. The number of benzene rings is 1. The molecule has 2 aromatic rings. The zero-order chi connectivity index (χ0) is 29.1. The minimum Gasteiger partial charge on any atom is -0.356 e. The maximum Gasteiger partial charge on any atom is 0.451 e. The van der Waals surface area contributed by atoms with Crippen molar-refractivity contribution in [1.29, 1.82) is 5.26 Å². The number of aromatic nitrogens is 2. The molecule has 1 aromatic heterocycles. The molecule has 0 amide bonds. The van der Waals surface area contributed by atoms with Crippen LogP contribution in [0.25, 0.3) is 0 Å². The Balaban J connectivity index is 0.00000141. The van der Waals surface area contributed by atoms with Gasteiger partial charge < -0.3 is 9.80 Å². The summed E-state index contributed by atoms with van der Waals surface area (Å²) >= 11 is 0. The maximum atomic E-state index is 13.7. The van der Waals surface area contributed by atoms with Gasteiger partial charge in [-0.1, -0.05) is 31.9 Å². The molecule has 3 heterocycles. The van der Waals surface area contributed by atoms with Crippen LogP contribution >= 0.6 is 0 Å². The fourth-order valence-electron chi connectivity index (χ4n) is 5.47. The highest BCUT2D eigenvalue weighted by atomic mass is 19.4. The number of ketones is 1. The lowest BCUT2D eigenvalue weighted by Crippen LogP contribution is -2.38. The van der Waals surface area contributed by atoms with Crippen LogP contribution < -0.4 is 9.80 Å². The van der Waals surface area contributed by atoms with Crippen molar-refractivity contribution in [2.24, 2.45) is 5.92 Å². The highest BCUT2D eigenvalue weighted by molar-refractivity contribution is 5.87. The van der Waals surface area contributed by atoms with Crippen molar-refractivity contribution < 1.29 is 27.6 Å². The number of alkyl halides is 3. The van der Waals surface area contributed by atoms with Crippen LogP contribution in [0, 0.1) is 17.2 Å². The van der Waals surface area contributed by atoms with Crippen LogP contribution in [0.2, 0.25) is 0 Å². The number of piperidine rings is 1. The van der Waals surface area contributed by atoms with E-state index in [1.54, 1.807) is 23.1 Å². The summed E-state index contributed by atoms with van der Waals surface area (Å²) in [7, 11) is 0. The molecule has 4 rings (SSSR count). The highest BCUT2D eigenvalue weighted by Crippen LogP contribution is 2.34. The van der Waals surface area contributed by atoms with E-state index in [2.05, 4.69) is 23.0 Å². The van der Waals surface area contributed by atoms with E-state index in [1.807, 2.05) is 17.0 Å². The van der Waals surface area contributed by atoms with Crippen molar-refractivity contribution in [3.8, 4) is 6.07 Å². The number of hydrogen-bond acceptors (Lipinski definition) is 8. The molecule has 1 atom stereocenters. The first kappa shape index (κ1) is 30.8. The number of carbonyl (C=O) groups is 1. The molecule has 0 aliphatic carbocycles. The first-order chi connectivity index (χ1) is 19.2. The number of aryl methyl sites for hydroxylation is 1. The molecule has 2 fully saturated rings. The van der Waals surface area contributed by atoms with Gasteiger partial charge in [0.1, 0.15) is 11.6 Å². The standard InChI is InChI=1S/C28H34F3N5O.CO2/c1-2-5-20-13-16-35(17-14-20)25-18-26(34-27(33-25)28(29,30)31)36-15-4-7-23(36)24(37)8-3-6-21-9-11-22(19-32)12-10-21;2-1-3/h9-12,18,20,23H,2-8,13-17H2,1H3;/t23-;/m0./s1. The molecule has 2 aliphatic rings. The number of carbonyl (C=O) groups excluding carboxylic acids is 3. The van der Waals surface area contributed by atoms with Crippen LogP contribution in [0.1, 0.15) is 75.2 Å². The molecule has 40 heavy (non-hydrogen) atoms. The Hall–Kier alpha value is -3.77. The second-order valence-corrected chi connectivity index (χ2v) is 10.2. The third kappa shape index (κ3) is 8.36. The van der Waals surface area contributed by atoms with Crippen molar-refractivity contribution in [3.63, 3.8) is 0 Å². The van der Waals surface area contributed by atoms with Crippen LogP contribution in [0.3, 0.4) is 0 Å². The number of Topliss-reactive ketones (excluding diaryl/α,β-unsaturated/α-hetero) is 1. The van der Waals surface area contributed by atoms with Crippen LogP contribution in [-0.4, -0.2) is 47.6 Å². The predicted octanol–water partition coefficient (Wildman–Crippen LogP) is 5.36. The molecular formula is C29H34F3N5O3. The van der Waals surface area contributed by atoms with E-state index in [9.17, 15) is 18.0 Å². The van der Waals surface area contributed by atoms with Crippen molar-refractivity contribution in [3.05, 3.63) is 47.3 Å². The number of hydrogen-bond donors (Lipinski definition) is 0. The van der Waals surface area contributed by atoms with Gasteiger partial charge in [-0.15, -0.1) is 0 Å². The Morgan fingerprint density at radius 2 is 1.70 bits per heavy atom. The third-order valence-corrected chi connectivity index (χ3v) is 7.48. The molecule has 0 spiro atoms. The van der Waals surface area contributed by atoms with Gasteiger partial charge in [-0.2, -0.15) is 28.0 Å². The van der Waals surface area contributed by atoms with E-state index in [0.29, 0.717) is 62.6 Å². The topological polar surface area (TPSA) is 107 Å². The van der Waals surface area contributed by atoms with Crippen molar-refractivity contribution in [2.75, 3.05) is 29.4 Å². The Kier molecular flexibility index (Phi) is 11.2. The van der Waals surface area contributed by atoms with Gasteiger partial charge in [0.25, 0.3) is 0 Å². The lowest BCUT2D eigenvalue weighted by Gasteiger charge is -2.34. The fourth-order valence-corrected chi connectivity index (χ4v) is 5.47. The first-order valence-corrected chi connectivity index (χ1v) is 13.7. The van der Waals surface area contributed by atoms with E-state index in [-0.39, 0.29) is 17.8 Å². The van der Waals surface area contributed by atoms with E-state index in [4.69, 9.17) is 14.9 Å². The lowest BCUT2D eigenvalue weighted by molar-refractivity contribution is -0.191. The van der Waals surface area contributed by atoms with Crippen LogP contribution in [-0.2, 0) is 27.0 Å². The second-order valence-electron chi connectivity index (χ2n) is 10.2. The Labute approximate surface area is 232 Å². The number of nitrogens with zero attached hydrogens (tertiary/aromatic N) is 5.